The Morgan fingerprint density at radius 1 is 1.00 bits per heavy atom. The van der Waals surface area contributed by atoms with Gasteiger partial charge in [-0.1, -0.05) is 6.07 Å². The number of carboxylic acids is 1. The Kier molecular flexibility index (Phi) is 5.91. The molecule has 7 nitrogen and oxygen atoms in total. The lowest BCUT2D eigenvalue weighted by Gasteiger charge is -2.14. The quantitative estimate of drug-likeness (QED) is 0.705. The lowest BCUT2D eigenvalue weighted by Crippen LogP contribution is -2.34. The van der Waals surface area contributed by atoms with E-state index < -0.39 is 11.9 Å². The first-order valence-electron chi connectivity index (χ1n) is 7.13. The number of nitrogens with one attached hydrogen (secondary N) is 2. The predicted octanol–water partition coefficient (Wildman–Crippen LogP) is 2.53. The van der Waals surface area contributed by atoms with Crippen LogP contribution in [0.5, 0.6) is 11.5 Å². The van der Waals surface area contributed by atoms with Crippen LogP contribution < -0.4 is 20.1 Å². The molecule has 8 heteroatoms. The van der Waals surface area contributed by atoms with E-state index in [9.17, 15) is 9.59 Å². The van der Waals surface area contributed by atoms with Crippen molar-refractivity contribution in [3.8, 4) is 11.5 Å². The van der Waals surface area contributed by atoms with Crippen LogP contribution in [-0.4, -0.2) is 36.3 Å². The van der Waals surface area contributed by atoms with Crippen LogP contribution in [0.2, 0.25) is 0 Å². The van der Waals surface area contributed by atoms with Crippen LogP contribution in [-0.2, 0) is 0 Å². The summed E-state index contributed by atoms with van der Waals surface area (Å²) in [5, 5.41) is 14.3. The molecule has 130 valence electrons. The summed E-state index contributed by atoms with van der Waals surface area (Å²) >= 11 is 5.11. The van der Waals surface area contributed by atoms with Crippen LogP contribution in [0.3, 0.4) is 0 Å². The number of carbonyl (C=O) groups excluding carboxylic acids is 1. The third-order valence-electron chi connectivity index (χ3n) is 3.27. The molecule has 2 aromatic rings. The van der Waals surface area contributed by atoms with Gasteiger partial charge >= 0.3 is 5.97 Å². The van der Waals surface area contributed by atoms with Gasteiger partial charge in [-0.2, -0.15) is 0 Å². The summed E-state index contributed by atoms with van der Waals surface area (Å²) < 4.78 is 10.4. The highest BCUT2D eigenvalue weighted by molar-refractivity contribution is 7.80. The van der Waals surface area contributed by atoms with Crippen LogP contribution in [0.4, 0.5) is 5.69 Å². The summed E-state index contributed by atoms with van der Waals surface area (Å²) in [6.45, 7) is 0. The Morgan fingerprint density at radius 2 is 1.56 bits per heavy atom. The summed E-state index contributed by atoms with van der Waals surface area (Å²) in [4.78, 5) is 23.3. The topological polar surface area (TPSA) is 96.9 Å². The zero-order valence-electron chi connectivity index (χ0n) is 13.5. The fourth-order valence-electron chi connectivity index (χ4n) is 2.10. The van der Waals surface area contributed by atoms with Crippen molar-refractivity contribution in [1.82, 2.24) is 5.32 Å². The van der Waals surface area contributed by atoms with Gasteiger partial charge in [-0.3, -0.25) is 10.1 Å². The Morgan fingerprint density at radius 3 is 2.04 bits per heavy atom. The van der Waals surface area contributed by atoms with Crippen molar-refractivity contribution in [2.75, 3.05) is 19.5 Å². The number of carbonyl (C=O) groups is 2. The van der Waals surface area contributed by atoms with Gasteiger partial charge in [-0.25, -0.2) is 4.79 Å². The maximum absolute atomic E-state index is 12.5. The van der Waals surface area contributed by atoms with E-state index >= 15 is 0 Å². The third-order valence-corrected chi connectivity index (χ3v) is 3.48. The van der Waals surface area contributed by atoms with Gasteiger partial charge in [0.05, 0.1) is 19.8 Å². The molecule has 2 aromatic carbocycles. The molecule has 0 aliphatic rings. The van der Waals surface area contributed by atoms with Crippen molar-refractivity contribution >= 4 is 34.9 Å². The molecule has 0 unspecified atom stereocenters. The van der Waals surface area contributed by atoms with E-state index in [0.29, 0.717) is 17.2 Å². The molecule has 0 radical (unpaired) electrons. The van der Waals surface area contributed by atoms with Crippen LogP contribution >= 0.6 is 12.2 Å². The summed E-state index contributed by atoms with van der Waals surface area (Å²) in [6, 6.07) is 10.9. The van der Waals surface area contributed by atoms with Crippen LogP contribution in [0, 0.1) is 0 Å². The average molecular weight is 360 g/mol. The van der Waals surface area contributed by atoms with Crippen molar-refractivity contribution in [3.05, 3.63) is 53.6 Å². The van der Waals surface area contributed by atoms with Gasteiger partial charge in [0.1, 0.15) is 17.1 Å². The Labute approximate surface area is 149 Å². The van der Waals surface area contributed by atoms with Crippen LogP contribution in [0.1, 0.15) is 20.7 Å². The Hall–Kier alpha value is -3.13. The van der Waals surface area contributed by atoms with Gasteiger partial charge < -0.3 is 19.9 Å². The molecule has 2 rings (SSSR count). The second-order valence-electron chi connectivity index (χ2n) is 4.83. The summed E-state index contributed by atoms with van der Waals surface area (Å²) in [5.41, 5.74) is 0.916. The molecule has 1 amide bonds. The summed E-state index contributed by atoms with van der Waals surface area (Å²) in [6.07, 6.45) is 0. The average Bonchev–Trinajstić information content (AvgIpc) is 2.61. The third kappa shape index (κ3) is 4.45. The SMILES string of the molecule is COc1cccc(OC)c1C(=O)NC(=S)Nc1ccc(C(=O)O)cc1. The van der Waals surface area contributed by atoms with Crippen molar-refractivity contribution in [1.29, 1.82) is 0 Å². The van der Waals surface area contributed by atoms with Crippen molar-refractivity contribution in [3.63, 3.8) is 0 Å². The largest absolute Gasteiger partial charge is 0.496 e. The highest BCUT2D eigenvalue weighted by atomic mass is 32.1. The van der Waals surface area contributed by atoms with E-state index in [2.05, 4.69) is 10.6 Å². The number of carboxylic acid groups (broad SMARTS) is 1. The molecule has 0 atom stereocenters. The zero-order chi connectivity index (χ0) is 18.4. The number of ether oxygens (including phenoxy) is 2. The summed E-state index contributed by atoms with van der Waals surface area (Å²) in [7, 11) is 2.90. The molecular formula is C17H16N2O5S. The molecule has 0 spiro atoms. The fourth-order valence-corrected chi connectivity index (χ4v) is 2.31. The number of anilines is 1. The maximum Gasteiger partial charge on any atom is 0.335 e. The molecule has 0 saturated heterocycles. The summed E-state index contributed by atoms with van der Waals surface area (Å²) in [5.74, 6) is -0.810. The van der Waals surface area contributed by atoms with Crippen LogP contribution in [0.15, 0.2) is 42.5 Å². The second-order valence-corrected chi connectivity index (χ2v) is 5.24. The van der Waals surface area contributed by atoms with E-state index in [4.69, 9.17) is 26.8 Å². The lowest BCUT2D eigenvalue weighted by atomic mass is 10.1. The second kappa shape index (κ2) is 8.11. The molecule has 0 bridgehead atoms. The first-order valence-corrected chi connectivity index (χ1v) is 7.53. The molecule has 0 aromatic heterocycles. The number of benzene rings is 2. The van der Waals surface area contributed by atoms with Gasteiger partial charge in [-0.15, -0.1) is 0 Å². The molecule has 0 saturated carbocycles. The number of amides is 1. The van der Waals surface area contributed by atoms with Gasteiger partial charge in [0.15, 0.2) is 5.11 Å². The van der Waals surface area contributed by atoms with E-state index in [-0.39, 0.29) is 16.2 Å². The molecule has 3 N–H and O–H groups in total. The standard InChI is InChI=1S/C17H16N2O5S/c1-23-12-4-3-5-13(24-2)14(12)15(20)19-17(25)18-11-8-6-10(7-9-11)16(21)22/h3-9H,1-2H3,(H,21,22)(H2,18,19,20,25). The smallest absolute Gasteiger partial charge is 0.335 e. The van der Waals surface area contributed by atoms with Gasteiger partial charge in [0, 0.05) is 5.69 Å². The monoisotopic (exact) mass is 360 g/mol. The minimum Gasteiger partial charge on any atom is -0.496 e. The molecule has 0 aliphatic heterocycles. The van der Waals surface area contributed by atoms with Gasteiger partial charge in [-0.05, 0) is 48.6 Å². The zero-order valence-corrected chi connectivity index (χ0v) is 14.3. The number of aromatic carboxylic acids is 1. The molecule has 25 heavy (non-hydrogen) atoms. The first kappa shape index (κ1) is 18.2. The number of methoxy groups -OCH3 is 2. The molecule has 0 aliphatic carbocycles. The molecule has 0 heterocycles. The first-order chi connectivity index (χ1) is 12.0. The van der Waals surface area contributed by atoms with E-state index in [1.54, 1.807) is 30.3 Å². The Bertz CT molecular complexity index is 783. The number of hydrogen-bond acceptors (Lipinski definition) is 5. The number of rotatable bonds is 5. The minimum absolute atomic E-state index is 0.0565. The Balaban J connectivity index is 2.10. The van der Waals surface area contributed by atoms with Crippen molar-refractivity contribution in [2.45, 2.75) is 0 Å². The van der Waals surface area contributed by atoms with Crippen molar-refractivity contribution in [2.24, 2.45) is 0 Å². The van der Waals surface area contributed by atoms with E-state index in [0.717, 1.165) is 0 Å². The van der Waals surface area contributed by atoms with E-state index in [1.165, 1.54) is 26.4 Å². The maximum atomic E-state index is 12.5. The minimum atomic E-state index is -1.02. The molecule has 0 fully saturated rings. The van der Waals surface area contributed by atoms with Crippen molar-refractivity contribution < 1.29 is 24.2 Å². The number of hydrogen-bond donors (Lipinski definition) is 3. The van der Waals surface area contributed by atoms with Crippen LogP contribution in [0.25, 0.3) is 0 Å². The van der Waals surface area contributed by atoms with E-state index in [1.807, 2.05) is 0 Å². The number of thiocarbonyl (C=S) groups is 1. The van der Waals surface area contributed by atoms with Gasteiger partial charge in [0.2, 0.25) is 0 Å². The normalized spacial score (nSPS) is 9.84. The highest BCUT2D eigenvalue weighted by Gasteiger charge is 2.19. The van der Waals surface area contributed by atoms with Gasteiger partial charge in [0.25, 0.3) is 5.91 Å². The highest BCUT2D eigenvalue weighted by Crippen LogP contribution is 2.27. The predicted molar refractivity (Wildman–Crippen MR) is 96.6 cm³/mol. The fraction of sp³-hybridized carbons (Fsp3) is 0.118. The molecular weight excluding hydrogens is 344 g/mol. The lowest BCUT2D eigenvalue weighted by molar-refractivity contribution is 0.0696.